The summed E-state index contributed by atoms with van der Waals surface area (Å²) >= 11 is 0. The summed E-state index contributed by atoms with van der Waals surface area (Å²) in [6.45, 7) is 6.56. The highest BCUT2D eigenvalue weighted by atomic mass is 15.3. The quantitative estimate of drug-likeness (QED) is 0.734. The molecule has 0 saturated carbocycles. The van der Waals surface area contributed by atoms with Gasteiger partial charge in [0.05, 0.1) is 16.8 Å². The second kappa shape index (κ2) is 4.29. The number of piperidine rings is 1. The number of para-hydroxylation sites is 1. The molecule has 1 spiro atoms. The van der Waals surface area contributed by atoms with Crippen molar-refractivity contribution in [3.05, 3.63) is 83.6 Å². The van der Waals surface area contributed by atoms with Crippen molar-refractivity contribution in [3.63, 3.8) is 0 Å². The molecular formula is C21H20N2. The summed E-state index contributed by atoms with van der Waals surface area (Å²) in [5.74, 6) is 0. The standard InChI is InChI=1S/C21H20N2/c1-15-14-23-13-12-21(15)17-10-6-7-11-18(17)22(2)20(21)19(23)16-8-4-3-5-9-16/h3-11H,1,12-14H2,2H3. The SMILES string of the molecule is C=C1CN2CCC13C(=C2c1ccccc1)N(C)c1ccccc13. The average Bonchev–Trinajstić information content (AvgIpc) is 2.87. The first-order chi connectivity index (χ1) is 11.2. The van der Waals surface area contributed by atoms with Gasteiger partial charge in [0.15, 0.2) is 0 Å². The van der Waals surface area contributed by atoms with Crippen LogP contribution in [0.1, 0.15) is 17.5 Å². The number of hydrogen-bond acceptors (Lipinski definition) is 2. The normalized spacial score (nSPS) is 25.0. The van der Waals surface area contributed by atoms with Gasteiger partial charge in [-0.05, 0) is 29.2 Å². The molecule has 23 heavy (non-hydrogen) atoms. The fourth-order valence-electron chi connectivity index (χ4n) is 4.81. The Kier molecular flexibility index (Phi) is 2.42. The van der Waals surface area contributed by atoms with Gasteiger partial charge in [0.25, 0.3) is 0 Å². The Bertz CT molecular complexity index is 849. The van der Waals surface area contributed by atoms with Crippen LogP contribution in [-0.2, 0) is 5.41 Å². The molecule has 0 radical (unpaired) electrons. The van der Waals surface area contributed by atoms with E-state index in [0.717, 1.165) is 19.5 Å². The monoisotopic (exact) mass is 300 g/mol. The van der Waals surface area contributed by atoms with Crippen molar-refractivity contribution in [3.8, 4) is 0 Å². The van der Waals surface area contributed by atoms with Crippen molar-refractivity contribution in [2.45, 2.75) is 11.8 Å². The van der Waals surface area contributed by atoms with Crippen molar-refractivity contribution < 1.29 is 0 Å². The van der Waals surface area contributed by atoms with Gasteiger partial charge >= 0.3 is 0 Å². The van der Waals surface area contributed by atoms with Crippen molar-refractivity contribution >= 4 is 11.4 Å². The van der Waals surface area contributed by atoms with Crippen molar-refractivity contribution in [2.24, 2.45) is 0 Å². The molecule has 1 atom stereocenters. The van der Waals surface area contributed by atoms with Crippen LogP contribution in [0.25, 0.3) is 5.70 Å². The molecule has 4 heterocycles. The zero-order valence-corrected chi connectivity index (χ0v) is 13.4. The maximum absolute atomic E-state index is 4.49. The van der Waals surface area contributed by atoms with E-state index >= 15 is 0 Å². The molecule has 0 aromatic heterocycles. The van der Waals surface area contributed by atoms with Crippen LogP contribution in [0, 0.1) is 0 Å². The molecule has 2 heteroatoms. The van der Waals surface area contributed by atoms with Crippen LogP contribution in [0.4, 0.5) is 5.69 Å². The molecule has 1 saturated heterocycles. The Morgan fingerprint density at radius 2 is 1.74 bits per heavy atom. The first-order valence-electron chi connectivity index (χ1n) is 8.30. The molecule has 1 fully saturated rings. The zero-order valence-electron chi connectivity index (χ0n) is 13.4. The topological polar surface area (TPSA) is 6.48 Å². The molecule has 6 rings (SSSR count). The predicted octanol–water partition coefficient (Wildman–Crippen LogP) is 4.02. The zero-order chi connectivity index (χ0) is 15.6. The largest absolute Gasteiger partial charge is 0.366 e. The Hall–Kier alpha value is -2.48. The van der Waals surface area contributed by atoms with Crippen LogP contribution < -0.4 is 4.90 Å². The smallest absolute Gasteiger partial charge is 0.0653 e. The second-order valence-corrected chi connectivity index (χ2v) is 6.82. The van der Waals surface area contributed by atoms with E-state index < -0.39 is 0 Å². The molecule has 0 amide bonds. The van der Waals surface area contributed by atoms with Gasteiger partial charge in [-0.15, -0.1) is 0 Å². The number of allylic oxidation sites excluding steroid dienone is 1. The Labute approximate surface area is 137 Å². The summed E-state index contributed by atoms with van der Waals surface area (Å²) in [4.78, 5) is 4.91. The lowest BCUT2D eigenvalue weighted by atomic mass is 9.65. The fourth-order valence-corrected chi connectivity index (χ4v) is 4.81. The first-order valence-corrected chi connectivity index (χ1v) is 8.30. The van der Waals surface area contributed by atoms with Crippen molar-refractivity contribution in [1.29, 1.82) is 0 Å². The number of fused-ring (bicyclic) bond motifs is 3. The molecule has 1 unspecified atom stereocenters. The van der Waals surface area contributed by atoms with E-state index in [4.69, 9.17) is 0 Å². The van der Waals surface area contributed by atoms with Crippen LogP contribution in [0.2, 0.25) is 0 Å². The van der Waals surface area contributed by atoms with Crippen molar-refractivity contribution in [2.75, 3.05) is 25.0 Å². The van der Waals surface area contributed by atoms with Gasteiger partial charge < -0.3 is 9.80 Å². The van der Waals surface area contributed by atoms with Gasteiger partial charge in [0.2, 0.25) is 0 Å². The summed E-state index contributed by atoms with van der Waals surface area (Å²) in [5, 5.41) is 0. The van der Waals surface area contributed by atoms with Gasteiger partial charge in [-0.25, -0.2) is 0 Å². The first kappa shape index (κ1) is 13.0. The van der Waals surface area contributed by atoms with Gasteiger partial charge in [-0.2, -0.15) is 0 Å². The van der Waals surface area contributed by atoms with E-state index in [9.17, 15) is 0 Å². The van der Waals surface area contributed by atoms with E-state index in [-0.39, 0.29) is 5.41 Å². The lowest BCUT2D eigenvalue weighted by Crippen LogP contribution is -2.51. The third kappa shape index (κ3) is 1.44. The van der Waals surface area contributed by atoms with E-state index in [2.05, 4.69) is 78.0 Å². The third-order valence-corrected chi connectivity index (χ3v) is 5.79. The maximum Gasteiger partial charge on any atom is 0.0653 e. The minimum atomic E-state index is 0.00523. The number of benzene rings is 2. The molecule has 2 aromatic rings. The Balaban J connectivity index is 1.87. The predicted molar refractivity (Wildman–Crippen MR) is 95.2 cm³/mol. The minimum Gasteiger partial charge on any atom is -0.366 e. The summed E-state index contributed by atoms with van der Waals surface area (Å²) in [6, 6.07) is 19.7. The number of likely N-dealkylation sites (N-methyl/N-ethyl adjacent to an activating group) is 1. The van der Waals surface area contributed by atoms with Gasteiger partial charge in [-0.3, -0.25) is 0 Å². The summed E-state index contributed by atoms with van der Waals surface area (Å²) in [5.41, 5.74) is 8.26. The van der Waals surface area contributed by atoms with Crippen LogP contribution in [-0.4, -0.2) is 25.0 Å². The maximum atomic E-state index is 4.49. The van der Waals surface area contributed by atoms with Gasteiger partial charge in [-0.1, -0.05) is 55.1 Å². The Morgan fingerprint density at radius 1 is 1.00 bits per heavy atom. The lowest BCUT2D eigenvalue weighted by molar-refractivity contribution is 0.284. The molecular weight excluding hydrogens is 280 g/mol. The summed E-state index contributed by atoms with van der Waals surface area (Å²) in [7, 11) is 2.21. The number of anilines is 1. The van der Waals surface area contributed by atoms with Gasteiger partial charge in [0.1, 0.15) is 0 Å². The fraction of sp³-hybridized carbons (Fsp3) is 0.238. The molecule has 114 valence electrons. The molecule has 2 aromatic carbocycles. The van der Waals surface area contributed by atoms with E-state index in [1.807, 2.05) is 0 Å². The second-order valence-electron chi connectivity index (χ2n) is 6.82. The summed E-state index contributed by atoms with van der Waals surface area (Å²) in [6.07, 6.45) is 1.14. The summed E-state index contributed by atoms with van der Waals surface area (Å²) < 4.78 is 0. The lowest BCUT2D eigenvalue weighted by Gasteiger charge is -2.51. The molecule has 0 N–H and O–H groups in total. The Morgan fingerprint density at radius 3 is 2.52 bits per heavy atom. The van der Waals surface area contributed by atoms with Crippen LogP contribution in [0.5, 0.6) is 0 Å². The molecule has 0 aliphatic carbocycles. The highest BCUT2D eigenvalue weighted by Crippen LogP contribution is 2.60. The molecule has 2 bridgehead atoms. The van der Waals surface area contributed by atoms with Crippen LogP contribution in [0.3, 0.4) is 0 Å². The van der Waals surface area contributed by atoms with Gasteiger partial charge in [0, 0.05) is 25.8 Å². The van der Waals surface area contributed by atoms with E-state index in [1.165, 1.54) is 33.8 Å². The average molecular weight is 300 g/mol. The minimum absolute atomic E-state index is 0.00523. The highest BCUT2D eigenvalue weighted by molar-refractivity contribution is 5.86. The molecule has 4 aliphatic rings. The highest BCUT2D eigenvalue weighted by Gasteiger charge is 2.55. The third-order valence-electron chi connectivity index (χ3n) is 5.79. The van der Waals surface area contributed by atoms with E-state index in [0.29, 0.717) is 0 Å². The molecule has 2 nitrogen and oxygen atoms in total. The number of hydrogen-bond donors (Lipinski definition) is 0. The molecule has 4 aliphatic heterocycles. The van der Waals surface area contributed by atoms with Crippen LogP contribution in [0.15, 0.2) is 72.4 Å². The van der Waals surface area contributed by atoms with Crippen LogP contribution >= 0.6 is 0 Å². The van der Waals surface area contributed by atoms with E-state index in [1.54, 1.807) is 0 Å². The van der Waals surface area contributed by atoms with Crippen molar-refractivity contribution in [1.82, 2.24) is 4.90 Å². The number of rotatable bonds is 1. The number of nitrogens with zero attached hydrogens (tertiary/aromatic N) is 2.